The number of nitrogens with zero attached hydrogens (tertiary/aromatic N) is 3. The molecule has 0 spiro atoms. The molecule has 0 aromatic heterocycles. The van der Waals surface area contributed by atoms with Gasteiger partial charge in [-0.15, -0.1) is 0 Å². The van der Waals surface area contributed by atoms with Crippen LogP contribution < -0.4 is 10.1 Å². The summed E-state index contributed by atoms with van der Waals surface area (Å²) in [6.45, 7) is 0.868. The van der Waals surface area contributed by atoms with E-state index in [4.69, 9.17) is 10.3 Å². The monoisotopic (exact) mass is 264 g/mol. The number of azide groups is 1. The van der Waals surface area contributed by atoms with E-state index < -0.39 is 0 Å². The molecule has 1 aromatic carbocycles. The van der Waals surface area contributed by atoms with Gasteiger partial charge in [0.25, 0.3) is 5.91 Å². The Balaban J connectivity index is 2.47. The molecule has 0 saturated heterocycles. The van der Waals surface area contributed by atoms with Crippen molar-refractivity contribution < 1.29 is 14.6 Å². The predicted octanol–water partition coefficient (Wildman–Crippen LogP) is 2.22. The standard InChI is InChI=1S/C12H16N4O3/c1-19-9-4-5-11(17)10(8-9)12(18)14-6-2-3-7-15-16-13/h4-5,8,17H,2-3,6-7H2,1H3,(H,14,18). The molecule has 0 aliphatic rings. The molecule has 1 aromatic rings. The van der Waals surface area contributed by atoms with Gasteiger partial charge in [0.15, 0.2) is 0 Å². The molecule has 7 nitrogen and oxygen atoms in total. The minimum absolute atomic E-state index is 0.0904. The first-order chi connectivity index (χ1) is 9.19. The highest BCUT2D eigenvalue weighted by Gasteiger charge is 2.11. The number of unbranched alkanes of at least 4 members (excludes halogenated alkanes) is 1. The summed E-state index contributed by atoms with van der Waals surface area (Å²) in [6, 6.07) is 4.46. The Morgan fingerprint density at radius 3 is 3.00 bits per heavy atom. The maximum atomic E-state index is 11.8. The zero-order valence-electron chi connectivity index (χ0n) is 10.7. The summed E-state index contributed by atoms with van der Waals surface area (Å²) in [5.74, 6) is 0.0545. The number of ether oxygens (including phenoxy) is 1. The van der Waals surface area contributed by atoms with Gasteiger partial charge in [0.1, 0.15) is 11.5 Å². The quantitative estimate of drug-likeness (QED) is 0.341. The van der Waals surface area contributed by atoms with Crippen LogP contribution in [-0.2, 0) is 0 Å². The average Bonchev–Trinajstić information content (AvgIpc) is 2.43. The molecule has 7 heteroatoms. The molecule has 0 aliphatic carbocycles. The lowest BCUT2D eigenvalue weighted by atomic mass is 10.1. The minimum atomic E-state index is -0.361. The fraction of sp³-hybridized carbons (Fsp3) is 0.417. The van der Waals surface area contributed by atoms with E-state index in [-0.39, 0.29) is 17.2 Å². The van der Waals surface area contributed by atoms with Gasteiger partial charge < -0.3 is 15.2 Å². The number of benzene rings is 1. The third-order valence-electron chi connectivity index (χ3n) is 2.48. The highest BCUT2D eigenvalue weighted by Crippen LogP contribution is 2.22. The largest absolute Gasteiger partial charge is 0.507 e. The zero-order chi connectivity index (χ0) is 14.1. The molecule has 2 N–H and O–H groups in total. The predicted molar refractivity (Wildman–Crippen MR) is 70.2 cm³/mol. The molecule has 0 unspecified atom stereocenters. The van der Waals surface area contributed by atoms with Crippen molar-refractivity contribution in [1.29, 1.82) is 0 Å². The number of nitrogens with one attached hydrogen (secondary N) is 1. The van der Waals surface area contributed by atoms with Gasteiger partial charge in [0, 0.05) is 18.0 Å². The number of amides is 1. The Labute approximate surface area is 110 Å². The van der Waals surface area contributed by atoms with E-state index in [0.717, 1.165) is 0 Å². The fourth-order valence-electron chi connectivity index (χ4n) is 1.47. The van der Waals surface area contributed by atoms with Crippen LogP contribution >= 0.6 is 0 Å². The maximum Gasteiger partial charge on any atom is 0.255 e. The minimum Gasteiger partial charge on any atom is -0.507 e. The SMILES string of the molecule is COc1ccc(O)c(C(=O)NCCCCN=[N+]=[N-])c1. The molecular weight excluding hydrogens is 248 g/mol. The molecule has 0 saturated carbocycles. The Hall–Kier alpha value is -2.40. The van der Waals surface area contributed by atoms with Crippen molar-refractivity contribution in [3.8, 4) is 11.5 Å². The Kier molecular flexibility index (Phi) is 6.05. The van der Waals surface area contributed by atoms with E-state index >= 15 is 0 Å². The summed E-state index contributed by atoms with van der Waals surface area (Å²) < 4.78 is 4.99. The number of hydrogen-bond donors (Lipinski definition) is 2. The van der Waals surface area contributed by atoms with Crippen LogP contribution in [0.2, 0.25) is 0 Å². The number of carbonyl (C=O) groups is 1. The van der Waals surface area contributed by atoms with Crippen LogP contribution in [-0.4, -0.2) is 31.2 Å². The van der Waals surface area contributed by atoms with Crippen LogP contribution in [0, 0.1) is 0 Å². The number of rotatable bonds is 7. The third-order valence-corrected chi connectivity index (χ3v) is 2.48. The molecule has 0 radical (unpaired) electrons. The molecule has 0 bridgehead atoms. The molecule has 0 atom stereocenters. The molecule has 102 valence electrons. The number of hydrogen-bond acceptors (Lipinski definition) is 4. The summed E-state index contributed by atoms with van der Waals surface area (Å²) in [6.07, 6.45) is 1.41. The van der Waals surface area contributed by atoms with E-state index in [1.165, 1.54) is 19.2 Å². The molecule has 0 heterocycles. The van der Waals surface area contributed by atoms with Crippen molar-refractivity contribution >= 4 is 5.91 Å². The van der Waals surface area contributed by atoms with Gasteiger partial charge in [-0.2, -0.15) is 0 Å². The smallest absolute Gasteiger partial charge is 0.255 e. The molecule has 0 aliphatic heterocycles. The lowest BCUT2D eigenvalue weighted by Crippen LogP contribution is -2.24. The van der Waals surface area contributed by atoms with Crippen LogP contribution in [0.3, 0.4) is 0 Å². The number of carbonyl (C=O) groups excluding carboxylic acids is 1. The highest BCUT2D eigenvalue weighted by atomic mass is 16.5. The summed E-state index contributed by atoms with van der Waals surface area (Å²) in [5.41, 5.74) is 8.26. The second-order valence-corrected chi connectivity index (χ2v) is 3.80. The second-order valence-electron chi connectivity index (χ2n) is 3.80. The van der Waals surface area contributed by atoms with E-state index in [1.54, 1.807) is 6.07 Å². The van der Waals surface area contributed by atoms with Crippen molar-refractivity contribution in [2.24, 2.45) is 5.11 Å². The Morgan fingerprint density at radius 1 is 1.53 bits per heavy atom. The van der Waals surface area contributed by atoms with E-state index in [1.807, 2.05) is 0 Å². The summed E-state index contributed by atoms with van der Waals surface area (Å²) >= 11 is 0. The average molecular weight is 264 g/mol. The number of phenolic OH excluding ortho intramolecular Hbond substituents is 1. The van der Waals surface area contributed by atoms with Gasteiger partial charge in [-0.05, 0) is 36.6 Å². The molecule has 1 rings (SSSR count). The number of aromatic hydroxyl groups is 1. The summed E-state index contributed by atoms with van der Waals surface area (Å²) in [7, 11) is 1.49. The number of phenols is 1. The van der Waals surface area contributed by atoms with Crippen LogP contribution in [0.25, 0.3) is 10.4 Å². The van der Waals surface area contributed by atoms with Crippen molar-refractivity contribution in [3.63, 3.8) is 0 Å². The summed E-state index contributed by atoms with van der Waals surface area (Å²) in [4.78, 5) is 14.5. The van der Waals surface area contributed by atoms with Crippen molar-refractivity contribution in [3.05, 3.63) is 34.2 Å². The van der Waals surface area contributed by atoms with Crippen LogP contribution in [0.5, 0.6) is 11.5 Å². The second kappa shape index (κ2) is 7.84. The van der Waals surface area contributed by atoms with Gasteiger partial charge in [-0.25, -0.2) is 0 Å². The lowest BCUT2D eigenvalue weighted by Gasteiger charge is -2.08. The van der Waals surface area contributed by atoms with Gasteiger partial charge in [-0.1, -0.05) is 5.11 Å². The normalized spacial score (nSPS) is 9.53. The maximum absolute atomic E-state index is 11.8. The van der Waals surface area contributed by atoms with Crippen molar-refractivity contribution in [2.45, 2.75) is 12.8 Å². The fourth-order valence-corrected chi connectivity index (χ4v) is 1.47. The first-order valence-corrected chi connectivity index (χ1v) is 5.85. The van der Waals surface area contributed by atoms with Gasteiger partial charge >= 0.3 is 0 Å². The number of methoxy groups -OCH3 is 1. The third kappa shape index (κ3) is 4.77. The van der Waals surface area contributed by atoms with Gasteiger partial charge in [0.2, 0.25) is 0 Å². The topological polar surface area (TPSA) is 107 Å². The van der Waals surface area contributed by atoms with E-state index in [2.05, 4.69) is 15.3 Å². The van der Waals surface area contributed by atoms with Gasteiger partial charge in [0.05, 0.1) is 12.7 Å². The first kappa shape index (κ1) is 14.7. The molecule has 0 fully saturated rings. The zero-order valence-corrected chi connectivity index (χ0v) is 10.7. The Morgan fingerprint density at radius 2 is 2.32 bits per heavy atom. The first-order valence-electron chi connectivity index (χ1n) is 5.85. The highest BCUT2D eigenvalue weighted by molar-refractivity contribution is 5.97. The van der Waals surface area contributed by atoms with Gasteiger partial charge in [-0.3, -0.25) is 4.79 Å². The van der Waals surface area contributed by atoms with E-state index in [0.29, 0.717) is 31.7 Å². The summed E-state index contributed by atoms with van der Waals surface area (Å²) in [5, 5.41) is 15.7. The molecule has 1 amide bonds. The van der Waals surface area contributed by atoms with Crippen LogP contribution in [0.1, 0.15) is 23.2 Å². The lowest BCUT2D eigenvalue weighted by molar-refractivity contribution is 0.0950. The molecular formula is C12H16N4O3. The Bertz CT molecular complexity index is 484. The van der Waals surface area contributed by atoms with Crippen LogP contribution in [0.15, 0.2) is 23.3 Å². The van der Waals surface area contributed by atoms with E-state index in [9.17, 15) is 9.90 Å². The molecule has 19 heavy (non-hydrogen) atoms. The van der Waals surface area contributed by atoms with Crippen LogP contribution in [0.4, 0.5) is 0 Å². The van der Waals surface area contributed by atoms with Crippen molar-refractivity contribution in [1.82, 2.24) is 5.32 Å². The van der Waals surface area contributed by atoms with Crippen molar-refractivity contribution in [2.75, 3.05) is 20.2 Å².